The van der Waals surface area contributed by atoms with Crippen LogP contribution in [0.15, 0.2) is 150 Å². The van der Waals surface area contributed by atoms with Crippen molar-refractivity contribution in [3.8, 4) is 33.4 Å². The van der Waals surface area contributed by atoms with Gasteiger partial charge in [-0.3, -0.25) is 0 Å². The first-order valence-electron chi connectivity index (χ1n) is 16.7. The van der Waals surface area contributed by atoms with Crippen LogP contribution in [0.5, 0.6) is 0 Å². The molecule has 1 nitrogen and oxygen atoms in total. The van der Waals surface area contributed by atoms with E-state index in [1.807, 2.05) is 72.8 Å². The molecule has 1 heteroatoms. The Hall–Kier alpha value is -5.14. The van der Waals surface area contributed by atoms with Gasteiger partial charge in [-0.05, 0) is 73.1 Å². The first-order chi connectivity index (χ1) is 22.7. The molecule has 0 aliphatic heterocycles. The number of benzene rings is 7. The third-order valence-corrected chi connectivity index (χ3v) is 7.32. The van der Waals surface area contributed by atoms with Gasteiger partial charge in [0, 0.05) is 10.8 Å². The van der Waals surface area contributed by atoms with E-state index in [0.29, 0.717) is 22.3 Å². The maximum Gasteiger partial charge on any atom is 0.136 e. The average Bonchev–Trinajstić information content (AvgIpc) is 3.48. The molecule has 0 radical (unpaired) electrons. The quantitative estimate of drug-likeness (QED) is 0.218. The molecule has 0 bridgehead atoms. The van der Waals surface area contributed by atoms with Crippen molar-refractivity contribution in [1.29, 1.82) is 0 Å². The summed E-state index contributed by atoms with van der Waals surface area (Å²) >= 11 is 0. The Bertz CT molecular complexity index is 2510. The molecule has 0 amide bonds. The molecule has 8 rings (SSSR count). The molecular formula is C38H24O. The predicted molar refractivity (Wildman–Crippen MR) is 165 cm³/mol. The summed E-state index contributed by atoms with van der Waals surface area (Å²) in [5.74, 6) is 0. The van der Waals surface area contributed by atoms with Gasteiger partial charge in [-0.25, -0.2) is 0 Å². The summed E-state index contributed by atoms with van der Waals surface area (Å²) in [6.07, 6.45) is 0. The fraction of sp³-hybridized carbons (Fsp3) is 0. The van der Waals surface area contributed by atoms with E-state index in [1.165, 1.54) is 0 Å². The van der Waals surface area contributed by atoms with Crippen molar-refractivity contribution in [2.45, 2.75) is 0 Å². The van der Waals surface area contributed by atoms with Crippen molar-refractivity contribution < 1.29 is 15.4 Å². The molecular weight excluding hydrogens is 472 g/mol. The van der Waals surface area contributed by atoms with Crippen LogP contribution >= 0.6 is 0 Å². The molecule has 0 saturated heterocycles. The minimum Gasteiger partial charge on any atom is -0.456 e. The second kappa shape index (κ2) is 8.72. The monoisotopic (exact) mass is 504 g/mol. The first kappa shape index (κ1) is 15.3. The third-order valence-electron chi connectivity index (χ3n) is 7.32. The van der Waals surface area contributed by atoms with Gasteiger partial charge in [0.2, 0.25) is 0 Å². The summed E-state index contributed by atoms with van der Waals surface area (Å²) in [5.41, 5.74) is 5.18. The Balaban J connectivity index is 1.45. The summed E-state index contributed by atoms with van der Waals surface area (Å²) in [4.78, 5) is 0. The van der Waals surface area contributed by atoms with Gasteiger partial charge < -0.3 is 4.42 Å². The van der Waals surface area contributed by atoms with E-state index in [2.05, 4.69) is 0 Å². The normalized spacial score (nSPS) is 14.5. The lowest BCUT2D eigenvalue weighted by Crippen LogP contribution is -1.90. The summed E-state index contributed by atoms with van der Waals surface area (Å²) in [7, 11) is 0. The molecule has 0 aliphatic rings. The topological polar surface area (TPSA) is 13.1 Å². The van der Waals surface area contributed by atoms with Crippen LogP contribution in [0.3, 0.4) is 0 Å². The van der Waals surface area contributed by atoms with Crippen LogP contribution < -0.4 is 0 Å². The van der Waals surface area contributed by atoms with Crippen LogP contribution in [0, 0.1) is 0 Å². The van der Waals surface area contributed by atoms with Gasteiger partial charge in [0.15, 0.2) is 0 Å². The second-order valence-corrected chi connectivity index (χ2v) is 9.50. The van der Waals surface area contributed by atoms with E-state index in [4.69, 9.17) is 15.4 Å². The van der Waals surface area contributed by atoms with Crippen molar-refractivity contribution in [1.82, 2.24) is 0 Å². The Labute approximate surface area is 237 Å². The van der Waals surface area contributed by atoms with Gasteiger partial charge in [0.25, 0.3) is 0 Å². The molecule has 0 N–H and O–H groups in total. The number of fused-ring (bicyclic) bond motifs is 5. The van der Waals surface area contributed by atoms with Crippen molar-refractivity contribution in [2.75, 3.05) is 0 Å². The Morgan fingerprint density at radius 3 is 1.51 bits per heavy atom. The van der Waals surface area contributed by atoms with Crippen molar-refractivity contribution >= 4 is 43.5 Å². The van der Waals surface area contributed by atoms with E-state index in [9.17, 15) is 0 Å². The van der Waals surface area contributed by atoms with Crippen LogP contribution in [0.2, 0.25) is 0 Å². The first-order valence-corrected chi connectivity index (χ1v) is 12.7. The lowest BCUT2D eigenvalue weighted by atomic mass is 9.86. The second-order valence-electron chi connectivity index (χ2n) is 9.50. The zero-order valence-corrected chi connectivity index (χ0v) is 20.6. The van der Waals surface area contributed by atoms with E-state index in [1.54, 1.807) is 24.3 Å². The predicted octanol–water partition coefficient (Wildman–Crippen LogP) is 10.9. The fourth-order valence-electron chi connectivity index (χ4n) is 5.54. The van der Waals surface area contributed by atoms with Crippen LogP contribution in [0.25, 0.3) is 76.9 Å². The SMILES string of the molecule is [2H]c1c([2H])c([2H])c2c(-c3ccc(-c4ccc5c(c4)oc4ccccc45)cc3)c3c([2H])c([2H])c([2H])c([2H])c3c(-c3ccccc3)c2c1[2H]. The lowest BCUT2D eigenvalue weighted by Gasteiger charge is -2.18. The number of hydrogen-bond acceptors (Lipinski definition) is 1. The van der Waals surface area contributed by atoms with Crippen molar-refractivity contribution in [3.63, 3.8) is 0 Å². The zero-order valence-electron chi connectivity index (χ0n) is 28.6. The van der Waals surface area contributed by atoms with E-state index in [-0.39, 0.29) is 45.7 Å². The smallest absolute Gasteiger partial charge is 0.136 e. The zero-order chi connectivity index (χ0) is 32.7. The van der Waals surface area contributed by atoms with Crippen LogP contribution in [-0.4, -0.2) is 0 Å². The number of furan rings is 1. The van der Waals surface area contributed by atoms with E-state index < -0.39 is 24.2 Å². The van der Waals surface area contributed by atoms with Crippen LogP contribution in [0.1, 0.15) is 11.0 Å². The number of hydrogen-bond donors (Lipinski definition) is 0. The highest BCUT2D eigenvalue weighted by atomic mass is 16.3. The minimum absolute atomic E-state index is 0.198. The summed E-state index contributed by atoms with van der Waals surface area (Å²) in [5, 5.41) is 2.85. The Morgan fingerprint density at radius 1 is 0.385 bits per heavy atom. The maximum atomic E-state index is 9.08. The minimum atomic E-state index is -0.418. The highest BCUT2D eigenvalue weighted by molar-refractivity contribution is 6.21. The molecule has 1 heterocycles. The van der Waals surface area contributed by atoms with Crippen molar-refractivity contribution in [3.05, 3.63) is 145 Å². The Morgan fingerprint density at radius 2 is 0.872 bits per heavy atom. The highest BCUT2D eigenvalue weighted by Crippen LogP contribution is 2.43. The standard InChI is InChI=1S/C38H24O/c1-2-10-26(11-3-1)37-31-13-4-6-15-33(31)38(34-16-7-5-14-32(34)37)27-20-18-25(19-21-27)28-22-23-30-29-12-8-9-17-35(29)39-36(30)24-28/h1-24H/i4D,5D,6D,7D,13D,14D,15D,16D. The van der Waals surface area contributed by atoms with Gasteiger partial charge in [0.1, 0.15) is 11.2 Å². The molecule has 0 atom stereocenters. The van der Waals surface area contributed by atoms with Gasteiger partial charge in [-0.15, -0.1) is 0 Å². The van der Waals surface area contributed by atoms with Gasteiger partial charge in [0.05, 0.1) is 11.0 Å². The molecule has 1 aromatic heterocycles. The molecule has 0 unspecified atom stereocenters. The third kappa shape index (κ3) is 3.48. The largest absolute Gasteiger partial charge is 0.456 e. The molecule has 7 aromatic carbocycles. The lowest BCUT2D eigenvalue weighted by molar-refractivity contribution is 0.669. The molecule has 8 aromatic rings. The summed E-state index contributed by atoms with van der Waals surface area (Å²) < 4.78 is 76.6. The summed E-state index contributed by atoms with van der Waals surface area (Å²) in [6, 6.07) is 27.6. The number of para-hydroxylation sites is 1. The van der Waals surface area contributed by atoms with Crippen LogP contribution in [-0.2, 0) is 0 Å². The molecule has 0 spiro atoms. The van der Waals surface area contributed by atoms with Crippen LogP contribution in [0.4, 0.5) is 0 Å². The van der Waals surface area contributed by atoms with Gasteiger partial charge in [-0.1, -0.05) is 127 Å². The molecule has 0 aliphatic carbocycles. The van der Waals surface area contributed by atoms with Crippen molar-refractivity contribution in [2.24, 2.45) is 0 Å². The van der Waals surface area contributed by atoms with E-state index >= 15 is 0 Å². The number of rotatable bonds is 3. The maximum absolute atomic E-state index is 9.08. The van der Waals surface area contributed by atoms with Gasteiger partial charge >= 0.3 is 0 Å². The molecule has 39 heavy (non-hydrogen) atoms. The molecule has 182 valence electrons. The highest BCUT2D eigenvalue weighted by Gasteiger charge is 2.16. The molecule has 0 saturated carbocycles. The Kier molecular flexibility index (Phi) is 3.42. The van der Waals surface area contributed by atoms with E-state index in [0.717, 1.165) is 33.1 Å². The summed E-state index contributed by atoms with van der Waals surface area (Å²) in [6.45, 7) is 0. The van der Waals surface area contributed by atoms with Gasteiger partial charge in [-0.2, -0.15) is 0 Å². The molecule has 0 fully saturated rings. The average molecular weight is 505 g/mol. The fourth-order valence-corrected chi connectivity index (χ4v) is 5.54.